The zero-order valence-electron chi connectivity index (χ0n) is 10.0. The van der Waals surface area contributed by atoms with E-state index in [1.54, 1.807) is 23.1 Å². The number of amides is 2. The Balaban J connectivity index is 2.17. The molecule has 6 heteroatoms. The van der Waals surface area contributed by atoms with Crippen molar-refractivity contribution in [2.45, 2.75) is 12.5 Å². The molecule has 1 saturated heterocycles. The molecular formula is C13H12Cl2N2O2. The van der Waals surface area contributed by atoms with Gasteiger partial charge in [0.2, 0.25) is 11.8 Å². The molecular weight excluding hydrogens is 287 g/mol. The maximum absolute atomic E-state index is 12.2. The summed E-state index contributed by atoms with van der Waals surface area (Å²) in [7, 11) is 0. The minimum Gasteiger partial charge on any atom is -0.341 e. The molecule has 0 spiro atoms. The Morgan fingerprint density at radius 1 is 1.47 bits per heavy atom. The topological polar surface area (TPSA) is 49.4 Å². The van der Waals surface area contributed by atoms with E-state index in [1.165, 1.54) is 0 Å². The number of benzene rings is 1. The van der Waals surface area contributed by atoms with Gasteiger partial charge in [-0.3, -0.25) is 9.59 Å². The van der Waals surface area contributed by atoms with Gasteiger partial charge >= 0.3 is 0 Å². The van der Waals surface area contributed by atoms with E-state index in [0.29, 0.717) is 28.7 Å². The van der Waals surface area contributed by atoms with Gasteiger partial charge in [-0.1, -0.05) is 29.8 Å². The van der Waals surface area contributed by atoms with Crippen LogP contribution < -0.4 is 10.2 Å². The van der Waals surface area contributed by atoms with Crippen LogP contribution in [0.2, 0.25) is 10.0 Å². The van der Waals surface area contributed by atoms with Crippen molar-refractivity contribution in [3.05, 3.63) is 40.9 Å². The van der Waals surface area contributed by atoms with Crippen molar-refractivity contribution >= 4 is 40.7 Å². The third-order valence-corrected chi connectivity index (χ3v) is 3.45. The molecule has 1 aliphatic rings. The highest BCUT2D eigenvalue weighted by Gasteiger charge is 2.34. The second-order valence-electron chi connectivity index (χ2n) is 4.14. The molecule has 19 heavy (non-hydrogen) atoms. The van der Waals surface area contributed by atoms with Crippen LogP contribution in [-0.2, 0) is 9.59 Å². The van der Waals surface area contributed by atoms with E-state index in [-0.39, 0.29) is 11.8 Å². The van der Waals surface area contributed by atoms with E-state index in [4.69, 9.17) is 23.2 Å². The van der Waals surface area contributed by atoms with E-state index in [9.17, 15) is 9.59 Å². The first-order valence-electron chi connectivity index (χ1n) is 5.72. The predicted octanol–water partition coefficient (Wildman–Crippen LogP) is 2.40. The minimum absolute atomic E-state index is 0.181. The van der Waals surface area contributed by atoms with Gasteiger partial charge in [-0.05, 0) is 30.7 Å². The van der Waals surface area contributed by atoms with Crippen molar-refractivity contribution in [3.63, 3.8) is 0 Å². The number of anilines is 1. The lowest BCUT2D eigenvalue weighted by atomic mass is 10.2. The van der Waals surface area contributed by atoms with Crippen molar-refractivity contribution in [1.29, 1.82) is 0 Å². The fraction of sp³-hybridized carbons (Fsp3) is 0.231. The Labute approximate surface area is 121 Å². The van der Waals surface area contributed by atoms with Crippen molar-refractivity contribution in [2.75, 3.05) is 11.4 Å². The number of nitrogens with zero attached hydrogens (tertiary/aromatic N) is 1. The molecule has 0 aromatic heterocycles. The number of hydrogen-bond donors (Lipinski definition) is 1. The summed E-state index contributed by atoms with van der Waals surface area (Å²) in [6.07, 6.45) is 1.68. The fourth-order valence-corrected chi connectivity index (χ4v) is 2.49. The summed E-state index contributed by atoms with van der Waals surface area (Å²) in [5, 5.41) is 3.52. The Morgan fingerprint density at radius 2 is 2.21 bits per heavy atom. The quantitative estimate of drug-likeness (QED) is 0.871. The number of carbonyl (C=O) groups is 2. The largest absolute Gasteiger partial charge is 0.341 e. The van der Waals surface area contributed by atoms with Crippen LogP contribution in [0.25, 0.3) is 0 Å². The molecule has 1 aromatic rings. The van der Waals surface area contributed by atoms with E-state index in [0.717, 1.165) is 6.08 Å². The second-order valence-corrected chi connectivity index (χ2v) is 4.98. The lowest BCUT2D eigenvalue weighted by Crippen LogP contribution is -2.40. The molecule has 1 atom stereocenters. The molecule has 1 N–H and O–H groups in total. The number of carbonyl (C=O) groups excluding carboxylic acids is 2. The Hall–Kier alpha value is -1.52. The number of halogens is 2. The standard InChI is InChI=1S/C13H12Cl2N2O2/c1-2-12(18)16-10-5-6-17(13(10)19)11-4-3-8(14)7-9(11)15/h2-4,7,10H,1,5-6H2,(H,16,18). The van der Waals surface area contributed by atoms with E-state index >= 15 is 0 Å². The zero-order valence-corrected chi connectivity index (χ0v) is 11.5. The zero-order chi connectivity index (χ0) is 14.0. The van der Waals surface area contributed by atoms with Gasteiger partial charge in [0, 0.05) is 11.6 Å². The van der Waals surface area contributed by atoms with Crippen LogP contribution >= 0.6 is 23.2 Å². The van der Waals surface area contributed by atoms with Gasteiger partial charge < -0.3 is 10.2 Å². The van der Waals surface area contributed by atoms with Crippen LogP contribution in [0.4, 0.5) is 5.69 Å². The van der Waals surface area contributed by atoms with Crippen molar-refractivity contribution in [1.82, 2.24) is 5.32 Å². The molecule has 1 aliphatic heterocycles. The summed E-state index contributed by atoms with van der Waals surface area (Å²) in [6, 6.07) is 4.42. The highest BCUT2D eigenvalue weighted by molar-refractivity contribution is 6.36. The van der Waals surface area contributed by atoms with E-state index in [2.05, 4.69) is 11.9 Å². The normalized spacial score (nSPS) is 18.5. The molecule has 0 saturated carbocycles. The third kappa shape index (κ3) is 2.91. The Morgan fingerprint density at radius 3 is 2.84 bits per heavy atom. The maximum atomic E-state index is 12.2. The molecule has 2 amide bonds. The van der Waals surface area contributed by atoms with Crippen molar-refractivity contribution < 1.29 is 9.59 Å². The van der Waals surface area contributed by atoms with Crippen LogP contribution in [0, 0.1) is 0 Å². The highest BCUT2D eigenvalue weighted by Crippen LogP contribution is 2.31. The average molecular weight is 299 g/mol. The van der Waals surface area contributed by atoms with Crippen LogP contribution in [0.5, 0.6) is 0 Å². The molecule has 0 bridgehead atoms. The van der Waals surface area contributed by atoms with Gasteiger partial charge in [0.1, 0.15) is 6.04 Å². The molecule has 0 aliphatic carbocycles. The predicted molar refractivity (Wildman–Crippen MR) is 75.6 cm³/mol. The minimum atomic E-state index is -0.530. The maximum Gasteiger partial charge on any atom is 0.249 e. The lowest BCUT2D eigenvalue weighted by Gasteiger charge is -2.18. The fourth-order valence-electron chi connectivity index (χ4n) is 1.98. The SMILES string of the molecule is C=CC(=O)NC1CCN(c2ccc(Cl)cc2Cl)C1=O. The van der Waals surface area contributed by atoms with Gasteiger partial charge in [-0.15, -0.1) is 0 Å². The van der Waals surface area contributed by atoms with Crippen LogP contribution in [0.3, 0.4) is 0 Å². The molecule has 1 fully saturated rings. The Kier molecular flexibility index (Phi) is 4.12. The number of hydrogen-bond acceptors (Lipinski definition) is 2. The first kappa shape index (κ1) is 13.9. The van der Waals surface area contributed by atoms with Gasteiger partial charge in [-0.2, -0.15) is 0 Å². The summed E-state index contributed by atoms with van der Waals surface area (Å²) >= 11 is 11.9. The first-order valence-corrected chi connectivity index (χ1v) is 6.48. The number of nitrogens with one attached hydrogen (secondary N) is 1. The lowest BCUT2D eigenvalue weighted by molar-refractivity contribution is -0.123. The van der Waals surface area contributed by atoms with Crippen molar-refractivity contribution in [3.8, 4) is 0 Å². The monoisotopic (exact) mass is 298 g/mol. The molecule has 1 heterocycles. The molecule has 1 unspecified atom stereocenters. The molecule has 0 radical (unpaired) electrons. The Bertz CT molecular complexity index is 545. The smallest absolute Gasteiger partial charge is 0.249 e. The first-order chi connectivity index (χ1) is 9.02. The average Bonchev–Trinajstić information content (AvgIpc) is 2.71. The number of rotatable bonds is 3. The van der Waals surface area contributed by atoms with Gasteiger partial charge in [0.15, 0.2) is 0 Å². The van der Waals surface area contributed by atoms with Gasteiger partial charge in [0.25, 0.3) is 0 Å². The van der Waals surface area contributed by atoms with Gasteiger partial charge in [-0.25, -0.2) is 0 Å². The molecule has 2 rings (SSSR count). The molecule has 1 aromatic carbocycles. The summed E-state index contributed by atoms with van der Waals surface area (Å²) in [4.78, 5) is 25.0. The van der Waals surface area contributed by atoms with Crippen LogP contribution in [0.15, 0.2) is 30.9 Å². The van der Waals surface area contributed by atoms with Gasteiger partial charge in [0.05, 0.1) is 10.7 Å². The van der Waals surface area contributed by atoms with E-state index in [1.807, 2.05) is 0 Å². The van der Waals surface area contributed by atoms with Crippen molar-refractivity contribution in [2.24, 2.45) is 0 Å². The molecule has 100 valence electrons. The second kappa shape index (κ2) is 5.63. The van der Waals surface area contributed by atoms with Crippen LogP contribution in [0.1, 0.15) is 6.42 Å². The summed E-state index contributed by atoms with van der Waals surface area (Å²) in [5.41, 5.74) is 0.603. The van der Waals surface area contributed by atoms with E-state index < -0.39 is 6.04 Å². The summed E-state index contributed by atoms with van der Waals surface area (Å²) in [6.45, 7) is 3.86. The summed E-state index contributed by atoms with van der Waals surface area (Å²) in [5.74, 6) is -0.540. The summed E-state index contributed by atoms with van der Waals surface area (Å²) < 4.78 is 0. The molecule has 4 nitrogen and oxygen atoms in total. The van der Waals surface area contributed by atoms with Crippen LogP contribution in [-0.4, -0.2) is 24.4 Å². The third-order valence-electron chi connectivity index (χ3n) is 2.91. The highest BCUT2D eigenvalue weighted by atomic mass is 35.5.